The number of fused-ring (bicyclic) bond motifs is 1. The van der Waals surface area contributed by atoms with Gasteiger partial charge in [-0.15, -0.1) is 0 Å². The van der Waals surface area contributed by atoms with Gasteiger partial charge in [-0.2, -0.15) is 0 Å². The number of morpholine rings is 1. The second kappa shape index (κ2) is 5.88. The van der Waals surface area contributed by atoms with E-state index < -0.39 is 0 Å². The number of benzene rings is 1. The Labute approximate surface area is 132 Å². The van der Waals surface area contributed by atoms with Crippen molar-refractivity contribution in [3.63, 3.8) is 0 Å². The molecule has 0 bridgehead atoms. The summed E-state index contributed by atoms with van der Waals surface area (Å²) >= 11 is 9.56. The molecule has 0 radical (unpaired) electrons. The van der Waals surface area contributed by atoms with Crippen LogP contribution in [-0.4, -0.2) is 35.6 Å². The number of hydrogen-bond acceptors (Lipinski definition) is 3. The summed E-state index contributed by atoms with van der Waals surface area (Å²) in [6.45, 7) is 3.89. The summed E-state index contributed by atoms with van der Waals surface area (Å²) in [6, 6.07) is 7.94. The fourth-order valence-electron chi connectivity index (χ4n) is 2.71. The topological polar surface area (TPSA) is 25.4 Å². The van der Waals surface area contributed by atoms with Gasteiger partial charge in [0.25, 0.3) is 0 Å². The highest BCUT2D eigenvalue weighted by Crippen LogP contribution is 2.29. The van der Waals surface area contributed by atoms with Crippen LogP contribution in [0.15, 0.2) is 30.5 Å². The van der Waals surface area contributed by atoms with Crippen LogP contribution in [0.1, 0.15) is 6.92 Å². The van der Waals surface area contributed by atoms with Gasteiger partial charge < -0.3 is 9.64 Å². The van der Waals surface area contributed by atoms with Gasteiger partial charge in [0.1, 0.15) is 0 Å². The number of alkyl halides is 1. The Bertz CT molecular complexity index is 622. The zero-order valence-corrected chi connectivity index (χ0v) is 13.6. The summed E-state index contributed by atoms with van der Waals surface area (Å²) in [4.78, 5) is 6.78. The lowest BCUT2D eigenvalue weighted by molar-refractivity contribution is -0.00190. The van der Waals surface area contributed by atoms with Crippen LogP contribution >= 0.6 is 27.5 Å². The van der Waals surface area contributed by atoms with Gasteiger partial charge in [-0.3, -0.25) is 4.98 Å². The van der Waals surface area contributed by atoms with Gasteiger partial charge in [0.15, 0.2) is 0 Å². The SMILES string of the molecule is CC1CN(c2ccnc3cc(Cl)ccc23)CC(CBr)O1. The van der Waals surface area contributed by atoms with Crippen LogP contribution in [0.3, 0.4) is 0 Å². The van der Waals surface area contributed by atoms with Crippen LogP contribution in [0.5, 0.6) is 0 Å². The van der Waals surface area contributed by atoms with Crippen LogP contribution in [0.25, 0.3) is 10.9 Å². The normalized spacial score (nSPS) is 23.2. The average molecular weight is 356 g/mol. The van der Waals surface area contributed by atoms with Crippen molar-refractivity contribution in [3.8, 4) is 0 Å². The molecule has 1 aromatic heterocycles. The van der Waals surface area contributed by atoms with Crippen molar-refractivity contribution in [3.05, 3.63) is 35.5 Å². The molecule has 0 amide bonds. The molecule has 1 aliphatic rings. The lowest BCUT2D eigenvalue weighted by Gasteiger charge is -2.38. The summed E-state index contributed by atoms with van der Waals surface area (Å²) in [5.41, 5.74) is 2.14. The van der Waals surface area contributed by atoms with Gasteiger partial charge in [-0.1, -0.05) is 27.5 Å². The number of rotatable bonds is 2. The minimum atomic E-state index is 0.217. The standard InChI is InChI=1S/C15H16BrClN2O/c1-10-8-19(9-12(7-16)20-10)15-4-5-18-14-6-11(17)2-3-13(14)15/h2-6,10,12H,7-9H2,1H3. The van der Waals surface area contributed by atoms with Crippen molar-refractivity contribution >= 4 is 44.1 Å². The minimum absolute atomic E-state index is 0.217. The smallest absolute Gasteiger partial charge is 0.0850 e. The lowest BCUT2D eigenvalue weighted by Crippen LogP contribution is -2.47. The van der Waals surface area contributed by atoms with E-state index in [0.717, 1.165) is 34.3 Å². The molecule has 1 fully saturated rings. The molecule has 2 atom stereocenters. The molecule has 1 saturated heterocycles. The Hall–Kier alpha value is -0.840. The van der Waals surface area contributed by atoms with E-state index >= 15 is 0 Å². The Morgan fingerprint density at radius 1 is 1.40 bits per heavy atom. The third-order valence-corrected chi connectivity index (χ3v) is 4.48. The van der Waals surface area contributed by atoms with E-state index in [4.69, 9.17) is 16.3 Å². The third-order valence-electron chi connectivity index (χ3n) is 3.52. The quantitative estimate of drug-likeness (QED) is 0.765. The minimum Gasteiger partial charge on any atom is -0.371 e. The number of hydrogen-bond donors (Lipinski definition) is 0. The summed E-state index contributed by atoms with van der Waals surface area (Å²) in [5, 5.41) is 2.71. The summed E-state index contributed by atoms with van der Waals surface area (Å²) in [6.07, 6.45) is 2.29. The first-order valence-corrected chi connectivity index (χ1v) is 8.18. The van der Waals surface area contributed by atoms with E-state index in [1.54, 1.807) is 0 Å². The maximum atomic E-state index is 6.05. The highest BCUT2D eigenvalue weighted by molar-refractivity contribution is 9.09. The van der Waals surface area contributed by atoms with Gasteiger partial charge in [0, 0.05) is 40.7 Å². The molecule has 0 N–H and O–H groups in total. The molecule has 3 nitrogen and oxygen atoms in total. The predicted molar refractivity (Wildman–Crippen MR) is 87.1 cm³/mol. The monoisotopic (exact) mass is 354 g/mol. The third kappa shape index (κ3) is 2.78. The van der Waals surface area contributed by atoms with E-state index in [-0.39, 0.29) is 12.2 Å². The first-order chi connectivity index (χ1) is 9.67. The van der Waals surface area contributed by atoms with Gasteiger partial charge in [0.05, 0.1) is 17.7 Å². The number of halogens is 2. The molecule has 2 unspecified atom stereocenters. The second-order valence-corrected chi connectivity index (χ2v) is 6.20. The predicted octanol–water partition coefficient (Wildman–Crippen LogP) is 3.88. The van der Waals surface area contributed by atoms with Crippen molar-refractivity contribution in [2.75, 3.05) is 23.3 Å². The zero-order chi connectivity index (χ0) is 14.1. The number of ether oxygens (including phenoxy) is 1. The largest absolute Gasteiger partial charge is 0.371 e. The zero-order valence-electron chi connectivity index (χ0n) is 11.2. The molecule has 0 saturated carbocycles. The second-order valence-electron chi connectivity index (χ2n) is 5.12. The first kappa shape index (κ1) is 14.1. The molecular formula is C15H16BrClN2O. The van der Waals surface area contributed by atoms with Gasteiger partial charge in [0.2, 0.25) is 0 Å². The highest BCUT2D eigenvalue weighted by Gasteiger charge is 2.25. The Morgan fingerprint density at radius 2 is 2.25 bits per heavy atom. The van der Waals surface area contributed by atoms with E-state index in [0.29, 0.717) is 0 Å². The van der Waals surface area contributed by atoms with Crippen molar-refractivity contribution < 1.29 is 4.74 Å². The average Bonchev–Trinajstić information content (AvgIpc) is 2.45. The number of aromatic nitrogens is 1. The molecule has 3 rings (SSSR count). The number of anilines is 1. The van der Waals surface area contributed by atoms with Crippen LogP contribution in [0, 0.1) is 0 Å². The van der Waals surface area contributed by atoms with Crippen molar-refractivity contribution in [2.24, 2.45) is 0 Å². The maximum absolute atomic E-state index is 6.05. The molecule has 0 spiro atoms. The molecule has 1 aromatic carbocycles. The maximum Gasteiger partial charge on any atom is 0.0850 e. The van der Waals surface area contributed by atoms with Crippen LogP contribution in [0.2, 0.25) is 5.02 Å². The van der Waals surface area contributed by atoms with Crippen LogP contribution < -0.4 is 4.90 Å². The molecule has 20 heavy (non-hydrogen) atoms. The van der Waals surface area contributed by atoms with E-state index in [1.807, 2.05) is 24.4 Å². The molecule has 2 aromatic rings. The lowest BCUT2D eigenvalue weighted by atomic mass is 10.1. The van der Waals surface area contributed by atoms with Gasteiger partial charge in [-0.05, 0) is 31.2 Å². The summed E-state index contributed by atoms with van der Waals surface area (Å²) < 4.78 is 5.89. The van der Waals surface area contributed by atoms with Gasteiger partial charge >= 0.3 is 0 Å². The molecule has 1 aliphatic heterocycles. The first-order valence-electron chi connectivity index (χ1n) is 6.68. The summed E-state index contributed by atoms with van der Waals surface area (Å²) in [7, 11) is 0. The van der Waals surface area contributed by atoms with E-state index in [9.17, 15) is 0 Å². The number of pyridine rings is 1. The molecule has 2 heterocycles. The molecule has 106 valence electrons. The van der Waals surface area contributed by atoms with Crippen LogP contribution in [0.4, 0.5) is 5.69 Å². The Balaban J connectivity index is 2.01. The van der Waals surface area contributed by atoms with E-state index in [2.05, 4.69) is 38.8 Å². The van der Waals surface area contributed by atoms with E-state index in [1.165, 1.54) is 5.69 Å². The molecular weight excluding hydrogens is 340 g/mol. The molecule has 0 aliphatic carbocycles. The van der Waals surface area contributed by atoms with Crippen LogP contribution in [-0.2, 0) is 4.74 Å². The highest BCUT2D eigenvalue weighted by atomic mass is 79.9. The fraction of sp³-hybridized carbons (Fsp3) is 0.400. The van der Waals surface area contributed by atoms with Crippen molar-refractivity contribution in [1.29, 1.82) is 0 Å². The molecule has 5 heteroatoms. The number of nitrogens with zero attached hydrogens (tertiary/aromatic N) is 2. The van der Waals surface area contributed by atoms with Gasteiger partial charge in [-0.25, -0.2) is 0 Å². The van der Waals surface area contributed by atoms with Crippen molar-refractivity contribution in [2.45, 2.75) is 19.1 Å². The Kier molecular flexibility index (Phi) is 4.15. The van der Waals surface area contributed by atoms with Crippen molar-refractivity contribution in [1.82, 2.24) is 4.98 Å². The fourth-order valence-corrected chi connectivity index (χ4v) is 3.23. The summed E-state index contributed by atoms with van der Waals surface area (Å²) in [5.74, 6) is 0. The Morgan fingerprint density at radius 3 is 3.05 bits per heavy atom.